The number of benzene rings is 2. The zero-order valence-corrected chi connectivity index (χ0v) is 28.4. The number of aryl methyl sites for hydroxylation is 1. The first-order chi connectivity index (χ1) is 24.3. The molecular formula is C37H34N6O6S. The Balaban J connectivity index is 0.884. The van der Waals surface area contributed by atoms with Gasteiger partial charge in [-0.3, -0.25) is 34.4 Å². The molecule has 3 aromatic heterocycles. The summed E-state index contributed by atoms with van der Waals surface area (Å²) in [6.07, 6.45) is 5.48. The summed E-state index contributed by atoms with van der Waals surface area (Å²) in [5, 5.41) is 3.12. The number of hydrogen-bond donors (Lipinski definition) is 1. The van der Waals surface area contributed by atoms with Crippen molar-refractivity contribution in [1.29, 1.82) is 0 Å². The van der Waals surface area contributed by atoms with E-state index in [0.717, 1.165) is 55.6 Å². The van der Waals surface area contributed by atoms with Crippen molar-refractivity contribution in [3.8, 4) is 27.6 Å². The Morgan fingerprint density at radius 2 is 1.76 bits per heavy atom. The van der Waals surface area contributed by atoms with Gasteiger partial charge in [-0.2, -0.15) is 0 Å². The van der Waals surface area contributed by atoms with Gasteiger partial charge in [0.25, 0.3) is 11.8 Å². The molecule has 7 rings (SSSR count). The topological polar surface area (TPSA) is 144 Å². The Hall–Kier alpha value is -5.53. The van der Waals surface area contributed by atoms with Crippen LogP contribution in [-0.4, -0.2) is 83.4 Å². The lowest BCUT2D eigenvalue weighted by Gasteiger charge is -2.27. The number of anilines is 1. The number of ether oxygens (including phenoxy) is 2. The maximum atomic E-state index is 13.2. The number of rotatable bonds is 12. The molecule has 2 aliphatic rings. The largest absolute Gasteiger partial charge is 0.490 e. The molecule has 5 heterocycles. The van der Waals surface area contributed by atoms with Crippen molar-refractivity contribution >= 4 is 51.0 Å². The predicted octanol–water partition coefficient (Wildman–Crippen LogP) is 4.92. The van der Waals surface area contributed by atoms with Gasteiger partial charge in [-0.05, 0) is 73.4 Å². The van der Waals surface area contributed by atoms with Crippen LogP contribution in [0.2, 0.25) is 0 Å². The van der Waals surface area contributed by atoms with Crippen molar-refractivity contribution in [2.24, 2.45) is 0 Å². The fourth-order valence-corrected chi connectivity index (χ4v) is 7.06. The van der Waals surface area contributed by atoms with Crippen LogP contribution in [0, 0.1) is 0 Å². The van der Waals surface area contributed by atoms with Crippen molar-refractivity contribution in [3.05, 3.63) is 89.7 Å². The number of pyridine rings is 2. The summed E-state index contributed by atoms with van der Waals surface area (Å²) in [4.78, 5) is 67.0. The van der Waals surface area contributed by atoms with E-state index in [4.69, 9.17) is 14.5 Å². The Morgan fingerprint density at radius 1 is 0.920 bits per heavy atom. The summed E-state index contributed by atoms with van der Waals surface area (Å²) in [7, 11) is 3.92. The van der Waals surface area contributed by atoms with E-state index < -0.39 is 29.7 Å². The number of fused-ring (bicyclic) bond motifs is 2. The molecule has 13 heteroatoms. The molecule has 0 bridgehead atoms. The highest BCUT2D eigenvalue weighted by atomic mass is 32.1. The Kier molecular flexibility index (Phi) is 9.33. The van der Waals surface area contributed by atoms with Gasteiger partial charge in [0.2, 0.25) is 11.8 Å². The van der Waals surface area contributed by atoms with E-state index >= 15 is 0 Å². The molecule has 1 unspecified atom stereocenters. The van der Waals surface area contributed by atoms with Crippen molar-refractivity contribution in [2.45, 2.75) is 31.7 Å². The van der Waals surface area contributed by atoms with Crippen LogP contribution in [0.1, 0.15) is 45.5 Å². The monoisotopic (exact) mass is 690 g/mol. The lowest BCUT2D eigenvalue weighted by Crippen LogP contribution is -2.54. The lowest BCUT2D eigenvalue weighted by molar-refractivity contribution is -0.136. The maximum absolute atomic E-state index is 13.2. The van der Waals surface area contributed by atoms with Crippen molar-refractivity contribution < 1.29 is 28.7 Å². The van der Waals surface area contributed by atoms with Crippen LogP contribution in [0.4, 0.5) is 5.82 Å². The maximum Gasteiger partial charge on any atom is 0.266 e. The van der Waals surface area contributed by atoms with E-state index in [2.05, 4.69) is 27.4 Å². The minimum Gasteiger partial charge on any atom is -0.490 e. The fraction of sp³-hybridized carbons (Fsp3) is 0.270. The fourth-order valence-electron chi connectivity index (χ4n) is 6.04. The van der Waals surface area contributed by atoms with Crippen LogP contribution < -0.4 is 15.0 Å². The summed E-state index contributed by atoms with van der Waals surface area (Å²) in [6.45, 7) is 1.00. The third-order valence-corrected chi connectivity index (χ3v) is 9.70. The first-order valence-electron chi connectivity index (χ1n) is 16.3. The van der Waals surface area contributed by atoms with E-state index in [9.17, 15) is 19.2 Å². The highest BCUT2D eigenvalue weighted by Gasteiger charge is 2.46. The second-order valence-corrected chi connectivity index (χ2v) is 13.3. The third-order valence-electron chi connectivity index (χ3n) is 8.63. The van der Waals surface area contributed by atoms with E-state index in [1.807, 2.05) is 61.7 Å². The number of carbonyl (C=O) groups excluding carboxylic acids is 4. The first-order valence-corrected chi connectivity index (χ1v) is 17.1. The molecule has 2 aliphatic heterocycles. The third kappa shape index (κ3) is 6.69. The van der Waals surface area contributed by atoms with E-state index in [0.29, 0.717) is 13.2 Å². The normalized spacial score (nSPS) is 15.8. The van der Waals surface area contributed by atoms with Gasteiger partial charge in [0.1, 0.15) is 29.2 Å². The van der Waals surface area contributed by atoms with Gasteiger partial charge in [0, 0.05) is 50.6 Å². The van der Waals surface area contributed by atoms with Gasteiger partial charge >= 0.3 is 0 Å². The molecular weight excluding hydrogens is 657 g/mol. The Bertz CT molecular complexity index is 2100. The van der Waals surface area contributed by atoms with Crippen LogP contribution in [0.25, 0.3) is 32.0 Å². The van der Waals surface area contributed by atoms with Crippen LogP contribution in [-0.2, 0) is 20.7 Å². The summed E-state index contributed by atoms with van der Waals surface area (Å²) in [5.41, 5.74) is 5.23. The SMILES string of the molecule is CN(C)c1ccc(-c2ccc(-c3nc4ccc(CCCOCCOc5cccc6c5C(=O)N(C5CCC(=O)NC5=O)C6=O)cc4s3)cn2)cn1. The summed E-state index contributed by atoms with van der Waals surface area (Å²) in [6, 6.07) is 18.1. The molecule has 2 aromatic carbocycles. The molecule has 1 atom stereocenters. The minimum absolute atomic E-state index is 0.0607. The average Bonchev–Trinajstić information content (AvgIpc) is 3.66. The number of aromatic nitrogens is 3. The lowest BCUT2D eigenvalue weighted by atomic mass is 10.0. The summed E-state index contributed by atoms with van der Waals surface area (Å²) < 4.78 is 12.8. The van der Waals surface area contributed by atoms with Crippen molar-refractivity contribution in [1.82, 2.24) is 25.2 Å². The molecule has 50 heavy (non-hydrogen) atoms. The highest BCUT2D eigenvalue weighted by Crippen LogP contribution is 2.34. The quantitative estimate of drug-likeness (QED) is 0.142. The average molecular weight is 691 g/mol. The second-order valence-electron chi connectivity index (χ2n) is 12.2. The van der Waals surface area contributed by atoms with Crippen molar-refractivity contribution in [2.75, 3.05) is 38.8 Å². The van der Waals surface area contributed by atoms with Gasteiger partial charge in [0.15, 0.2) is 0 Å². The molecule has 1 saturated heterocycles. The second kappa shape index (κ2) is 14.1. The number of thiazole rings is 1. The smallest absolute Gasteiger partial charge is 0.266 e. The number of carbonyl (C=O) groups is 4. The molecule has 0 aliphatic carbocycles. The predicted molar refractivity (Wildman–Crippen MR) is 188 cm³/mol. The molecule has 0 saturated carbocycles. The van der Waals surface area contributed by atoms with Crippen LogP contribution >= 0.6 is 11.3 Å². The van der Waals surface area contributed by atoms with Crippen LogP contribution in [0.5, 0.6) is 5.75 Å². The number of nitrogens with one attached hydrogen (secondary N) is 1. The Labute approximate surface area is 292 Å². The minimum atomic E-state index is -1.03. The zero-order valence-electron chi connectivity index (χ0n) is 27.5. The number of hydrogen-bond acceptors (Lipinski definition) is 11. The molecule has 12 nitrogen and oxygen atoms in total. The van der Waals surface area contributed by atoms with Gasteiger partial charge in [0.05, 0.1) is 33.6 Å². The number of nitrogens with zero attached hydrogens (tertiary/aromatic N) is 5. The highest BCUT2D eigenvalue weighted by molar-refractivity contribution is 7.21. The van der Waals surface area contributed by atoms with Crippen LogP contribution in [0.3, 0.4) is 0 Å². The van der Waals surface area contributed by atoms with Gasteiger partial charge in [-0.1, -0.05) is 12.1 Å². The first kappa shape index (κ1) is 33.0. The number of amides is 4. The standard InChI is InChI=1S/C37H34N6O6S/c1-42(2)31-14-10-23(20-39-31)26-12-9-24(21-38-26)35-40-27-11-8-22(19-30(27)50-35)5-4-16-48-17-18-49-29-7-3-6-25-33(29)37(47)43(36(25)46)28-13-15-32(44)41-34(28)45/h3,6-12,14,19-21,28H,4-5,13,15-18H2,1-2H3,(H,41,44,45). The summed E-state index contributed by atoms with van der Waals surface area (Å²) in [5.74, 6) is -1.08. The molecule has 5 aromatic rings. The molecule has 0 radical (unpaired) electrons. The molecule has 4 amide bonds. The van der Waals surface area contributed by atoms with Gasteiger partial charge in [-0.25, -0.2) is 9.97 Å². The molecule has 254 valence electrons. The van der Waals surface area contributed by atoms with E-state index in [1.54, 1.807) is 23.5 Å². The van der Waals surface area contributed by atoms with Gasteiger partial charge in [-0.15, -0.1) is 11.3 Å². The van der Waals surface area contributed by atoms with Gasteiger partial charge < -0.3 is 14.4 Å². The van der Waals surface area contributed by atoms with Crippen molar-refractivity contribution in [3.63, 3.8) is 0 Å². The van der Waals surface area contributed by atoms with E-state index in [1.165, 1.54) is 11.6 Å². The number of imide groups is 2. The zero-order chi connectivity index (χ0) is 34.8. The number of piperidine rings is 1. The van der Waals surface area contributed by atoms with E-state index in [-0.39, 0.29) is 36.3 Å². The molecule has 1 fully saturated rings. The summed E-state index contributed by atoms with van der Waals surface area (Å²) >= 11 is 1.64. The molecule has 0 spiro atoms. The van der Waals surface area contributed by atoms with Crippen LogP contribution in [0.15, 0.2) is 73.1 Å². The Morgan fingerprint density at radius 3 is 2.52 bits per heavy atom. The molecule has 1 N–H and O–H groups in total.